The Morgan fingerprint density at radius 1 is 1.27 bits per heavy atom. The Balaban J connectivity index is 2.25. The first-order valence-electron chi connectivity index (χ1n) is 5.84. The molecule has 1 aromatic carbocycles. The Bertz CT molecular complexity index is 365. The van der Waals surface area contributed by atoms with Crippen molar-refractivity contribution in [2.75, 3.05) is 18.0 Å². The molecule has 0 unspecified atom stereocenters. The van der Waals surface area contributed by atoms with Gasteiger partial charge >= 0.3 is 0 Å². The van der Waals surface area contributed by atoms with Crippen LogP contribution in [0.15, 0.2) is 30.3 Å². The zero-order valence-electron chi connectivity index (χ0n) is 9.66. The number of hydrogen-bond acceptors (Lipinski definition) is 1. The molecule has 0 atom stereocenters. The number of benzene rings is 1. The summed E-state index contributed by atoms with van der Waals surface area (Å²) in [6.45, 7) is 6.70. The van der Waals surface area contributed by atoms with Gasteiger partial charge in [-0.05, 0) is 25.0 Å². The van der Waals surface area contributed by atoms with Gasteiger partial charge in [0.15, 0.2) is 0 Å². The van der Waals surface area contributed by atoms with Crippen molar-refractivity contribution in [3.8, 4) is 0 Å². The first-order valence-corrected chi connectivity index (χ1v) is 5.84. The molecular formula is C14H19N. The molecule has 0 fully saturated rings. The summed E-state index contributed by atoms with van der Waals surface area (Å²) < 4.78 is 0. The second-order valence-electron chi connectivity index (χ2n) is 4.20. The van der Waals surface area contributed by atoms with Gasteiger partial charge in [-0.2, -0.15) is 0 Å². The molecular weight excluding hydrogens is 182 g/mol. The molecule has 1 aliphatic heterocycles. The van der Waals surface area contributed by atoms with Gasteiger partial charge in [0.1, 0.15) is 0 Å². The van der Waals surface area contributed by atoms with Gasteiger partial charge < -0.3 is 4.90 Å². The van der Waals surface area contributed by atoms with Crippen molar-refractivity contribution in [2.45, 2.75) is 26.7 Å². The normalized spacial score (nSPS) is 14.8. The Morgan fingerprint density at radius 3 is 2.87 bits per heavy atom. The van der Waals surface area contributed by atoms with Crippen LogP contribution in [0.3, 0.4) is 0 Å². The lowest BCUT2D eigenvalue weighted by atomic mass is 10.0. The van der Waals surface area contributed by atoms with Crippen LogP contribution in [0.4, 0.5) is 5.69 Å². The summed E-state index contributed by atoms with van der Waals surface area (Å²) >= 11 is 0. The largest absolute Gasteiger partial charge is 0.367 e. The molecule has 1 heteroatoms. The number of anilines is 1. The van der Waals surface area contributed by atoms with E-state index < -0.39 is 0 Å². The summed E-state index contributed by atoms with van der Waals surface area (Å²) in [5, 5.41) is 0. The molecule has 0 bridgehead atoms. The third-order valence-corrected chi connectivity index (χ3v) is 3.07. The summed E-state index contributed by atoms with van der Waals surface area (Å²) in [6.07, 6.45) is 4.88. The SMILES string of the molecule is CCCCN1CC=C(C)c2ccccc21. The Labute approximate surface area is 92.4 Å². The van der Waals surface area contributed by atoms with Gasteiger partial charge in [-0.3, -0.25) is 0 Å². The van der Waals surface area contributed by atoms with Crippen molar-refractivity contribution in [1.82, 2.24) is 0 Å². The maximum atomic E-state index is 2.48. The minimum atomic E-state index is 1.07. The molecule has 80 valence electrons. The molecule has 15 heavy (non-hydrogen) atoms. The lowest BCUT2D eigenvalue weighted by molar-refractivity contribution is 0.743. The van der Waals surface area contributed by atoms with Crippen LogP contribution < -0.4 is 4.90 Å². The zero-order chi connectivity index (χ0) is 10.7. The molecule has 1 aromatic rings. The van der Waals surface area contributed by atoms with Gasteiger partial charge in [-0.1, -0.05) is 37.6 Å². The molecule has 1 heterocycles. The molecule has 1 aliphatic rings. The van der Waals surface area contributed by atoms with Crippen molar-refractivity contribution in [2.24, 2.45) is 0 Å². The lowest BCUT2D eigenvalue weighted by Gasteiger charge is -2.30. The van der Waals surface area contributed by atoms with E-state index in [1.807, 2.05) is 0 Å². The van der Waals surface area contributed by atoms with Crippen LogP contribution in [0.1, 0.15) is 32.3 Å². The van der Waals surface area contributed by atoms with Crippen LogP contribution >= 0.6 is 0 Å². The summed E-state index contributed by atoms with van der Waals surface area (Å²) in [6, 6.07) is 8.72. The fourth-order valence-electron chi connectivity index (χ4n) is 2.10. The highest BCUT2D eigenvalue weighted by atomic mass is 15.1. The van der Waals surface area contributed by atoms with E-state index in [0.717, 1.165) is 6.54 Å². The van der Waals surface area contributed by atoms with E-state index in [4.69, 9.17) is 0 Å². The fraction of sp³-hybridized carbons (Fsp3) is 0.429. The highest BCUT2D eigenvalue weighted by molar-refractivity contribution is 5.78. The maximum Gasteiger partial charge on any atom is 0.0445 e. The second kappa shape index (κ2) is 4.52. The lowest BCUT2D eigenvalue weighted by Crippen LogP contribution is -2.27. The average molecular weight is 201 g/mol. The van der Waals surface area contributed by atoms with Gasteiger partial charge in [0, 0.05) is 24.3 Å². The number of allylic oxidation sites excluding steroid dienone is 1. The average Bonchev–Trinajstić information content (AvgIpc) is 2.29. The number of hydrogen-bond donors (Lipinski definition) is 0. The molecule has 0 saturated carbocycles. The fourth-order valence-corrected chi connectivity index (χ4v) is 2.10. The molecule has 0 spiro atoms. The predicted octanol–water partition coefficient (Wildman–Crippen LogP) is 3.71. The minimum absolute atomic E-state index is 1.07. The van der Waals surface area contributed by atoms with Crippen molar-refractivity contribution in [3.63, 3.8) is 0 Å². The van der Waals surface area contributed by atoms with E-state index in [1.165, 1.54) is 36.2 Å². The van der Waals surface area contributed by atoms with E-state index in [0.29, 0.717) is 0 Å². The Kier molecular flexibility index (Phi) is 3.10. The highest BCUT2D eigenvalue weighted by Crippen LogP contribution is 2.30. The monoisotopic (exact) mass is 201 g/mol. The van der Waals surface area contributed by atoms with Crippen molar-refractivity contribution >= 4 is 11.3 Å². The van der Waals surface area contributed by atoms with Gasteiger partial charge in [0.2, 0.25) is 0 Å². The smallest absolute Gasteiger partial charge is 0.0445 e. The van der Waals surface area contributed by atoms with Crippen LogP contribution in [0, 0.1) is 0 Å². The Hall–Kier alpha value is -1.24. The molecule has 0 aromatic heterocycles. The second-order valence-corrected chi connectivity index (χ2v) is 4.20. The third kappa shape index (κ3) is 2.06. The standard InChI is InChI=1S/C14H19N/c1-3-4-10-15-11-9-12(2)13-7-5-6-8-14(13)15/h5-9H,3-4,10-11H2,1-2H3. The van der Waals surface area contributed by atoms with Gasteiger partial charge in [-0.15, -0.1) is 0 Å². The van der Waals surface area contributed by atoms with Crippen LogP contribution in [-0.2, 0) is 0 Å². The number of fused-ring (bicyclic) bond motifs is 1. The van der Waals surface area contributed by atoms with E-state index in [1.54, 1.807) is 0 Å². The molecule has 0 N–H and O–H groups in total. The van der Waals surface area contributed by atoms with Crippen LogP contribution in [-0.4, -0.2) is 13.1 Å². The predicted molar refractivity (Wildman–Crippen MR) is 67.2 cm³/mol. The number of para-hydroxylation sites is 1. The number of nitrogens with zero attached hydrogens (tertiary/aromatic N) is 1. The first kappa shape index (κ1) is 10.3. The van der Waals surface area contributed by atoms with Crippen molar-refractivity contribution in [1.29, 1.82) is 0 Å². The molecule has 0 aliphatic carbocycles. The van der Waals surface area contributed by atoms with E-state index >= 15 is 0 Å². The van der Waals surface area contributed by atoms with Gasteiger partial charge in [0.05, 0.1) is 0 Å². The first-order chi connectivity index (χ1) is 7.33. The van der Waals surface area contributed by atoms with E-state index in [2.05, 4.69) is 49.1 Å². The van der Waals surface area contributed by atoms with Crippen molar-refractivity contribution in [3.05, 3.63) is 35.9 Å². The van der Waals surface area contributed by atoms with E-state index in [-0.39, 0.29) is 0 Å². The number of unbranched alkanes of at least 4 members (excludes halogenated alkanes) is 1. The van der Waals surface area contributed by atoms with E-state index in [9.17, 15) is 0 Å². The highest BCUT2D eigenvalue weighted by Gasteiger charge is 2.14. The maximum absolute atomic E-state index is 2.48. The minimum Gasteiger partial charge on any atom is -0.367 e. The Morgan fingerprint density at radius 2 is 2.07 bits per heavy atom. The molecule has 0 amide bonds. The molecule has 1 nitrogen and oxygen atoms in total. The van der Waals surface area contributed by atoms with Crippen LogP contribution in [0.25, 0.3) is 5.57 Å². The number of rotatable bonds is 3. The molecule has 0 radical (unpaired) electrons. The summed E-state index contributed by atoms with van der Waals surface area (Å²) in [7, 11) is 0. The summed E-state index contributed by atoms with van der Waals surface area (Å²) in [5.41, 5.74) is 4.23. The van der Waals surface area contributed by atoms with Crippen LogP contribution in [0.5, 0.6) is 0 Å². The topological polar surface area (TPSA) is 3.24 Å². The zero-order valence-corrected chi connectivity index (χ0v) is 9.66. The third-order valence-electron chi connectivity index (χ3n) is 3.07. The molecule has 2 rings (SSSR count). The molecule has 0 saturated heterocycles. The van der Waals surface area contributed by atoms with Crippen LogP contribution in [0.2, 0.25) is 0 Å². The quantitative estimate of drug-likeness (QED) is 0.720. The van der Waals surface area contributed by atoms with Gasteiger partial charge in [-0.25, -0.2) is 0 Å². The summed E-state index contributed by atoms with van der Waals surface area (Å²) in [5.74, 6) is 0. The summed E-state index contributed by atoms with van der Waals surface area (Å²) in [4.78, 5) is 2.48. The van der Waals surface area contributed by atoms with Crippen molar-refractivity contribution < 1.29 is 0 Å². The van der Waals surface area contributed by atoms with Gasteiger partial charge in [0.25, 0.3) is 0 Å².